The van der Waals surface area contributed by atoms with Crippen molar-refractivity contribution in [1.82, 2.24) is 4.90 Å². The maximum Gasteiger partial charge on any atom is 0.256 e. The van der Waals surface area contributed by atoms with Gasteiger partial charge in [-0.3, -0.25) is 4.79 Å². The second kappa shape index (κ2) is 5.19. The van der Waals surface area contributed by atoms with Crippen LogP contribution in [0.3, 0.4) is 0 Å². The molecular formula is C15H19FN2O. The van der Waals surface area contributed by atoms with Crippen LogP contribution in [0, 0.1) is 5.82 Å². The van der Waals surface area contributed by atoms with Crippen molar-refractivity contribution >= 4 is 11.6 Å². The van der Waals surface area contributed by atoms with E-state index in [1.54, 1.807) is 11.0 Å². The smallest absolute Gasteiger partial charge is 0.256 e. The molecule has 0 radical (unpaired) electrons. The predicted molar refractivity (Wildman–Crippen MR) is 73.0 cm³/mol. The number of likely N-dealkylation sites (tertiary alicyclic amines) is 1. The van der Waals surface area contributed by atoms with Gasteiger partial charge in [-0.1, -0.05) is 0 Å². The Hall–Kier alpha value is -1.58. The minimum Gasteiger partial charge on any atom is -0.371 e. The number of halogens is 1. The van der Waals surface area contributed by atoms with Crippen LogP contribution in [-0.4, -0.2) is 37.0 Å². The molecule has 0 bridgehead atoms. The number of nitrogens with zero attached hydrogens (tertiary/aromatic N) is 2. The van der Waals surface area contributed by atoms with Crippen LogP contribution >= 0.6 is 0 Å². The number of anilines is 1. The van der Waals surface area contributed by atoms with Gasteiger partial charge in [0, 0.05) is 31.9 Å². The fourth-order valence-corrected chi connectivity index (χ4v) is 2.94. The van der Waals surface area contributed by atoms with Crippen molar-refractivity contribution in [2.24, 2.45) is 0 Å². The highest BCUT2D eigenvalue weighted by atomic mass is 19.1. The predicted octanol–water partition coefficient (Wildman–Crippen LogP) is 2.66. The summed E-state index contributed by atoms with van der Waals surface area (Å²) in [5.41, 5.74) is 1.11. The van der Waals surface area contributed by atoms with Crippen LogP contribution in [0.4, 0.5) is 10.1 Å². The quantitative estimate of drug-likeness (QED) is 0.818. The molecule has 0 unspecified atom stereocenters. The number of benzene rings is 1. The third-order valence-corrected chi connectivity index (χ3v) is 4.05. The van der Waals surface area contributed by atoms with Gasteiger partial charge in [-0.05, 0) is 43.9 Å². The minimum atomic E-state index is -0.388. The third-order valence-electron chi connectivity index (χ3n) is 4.05. The summed E-state index contributed by atoms with van der Waals surface area (Å²) in [4.78, 5) is 16.1. The minimum absolute atomic E-state index is 0.164. The zero-order valence-electron chi connectivity index (χ0n) is 11.1. The van der Waals surface area contributed by atoms with E-state index >= 15 is 0 Å². The summed E-state index contributed by atoms with van der Waals surface area (Å²) in [5, 5.41) is 0. The Kier molecular flexibility index (Phi) is 3.40. The fourth-order valence-electron chi connectivity index (χ4n) is 2.94. The molecular weight excluding hydrogens is 243 g/mol. The van der Waals surface area contributed by atoms with E-state index in [2.05, 4.69) is 4.90 Å². The first-order valence-electron chi connectivity index (χ1n) is 7.09. The van der Waals surface area contributed by atoms with Gasteiger partial charge in [0.25, 0.3) is 5.91 Å². The van der Waals surface area contributed by atoms with Crippen LogP contribution in [0.15, 0.2) is 18.2 Å². The molecule has 1 amide bonds. The molecule has 2 heterocycles. The van der Waals surface area contributed by atoms with Gasteiger partial charge >= 0.3 is 0 Å². The number of carbonyl (C=O) groups is 1. The van der Waals surface area contributed by atoms with Crippen molar-refractivity contribution in [3.8, 4) is 0 Å². The SMILES string of the molecule is O=C(c1ccc(N2CCCC2)cc1F)N1CCCC1. The number of amides is 1. The molecule has 0 saturated carbocycles. The highest BCUT2D eigenvalue weighted by molar-refractivity contribution is 5.95. The van der Waals surface area contributed by atoms with Gasteiger partial charge in [0.15, 0.2) is 0 Å². The molecule has 1 aromatic carbocycles. The molecule has 0 atom stereocenters. The van der Waals surface area contributed by atoms with E-state index in [0.717, 1.165) is 57.5 Å². The average molecular weight is 262 g/mol. The molecule has 1 aromatic rings. The second-order valence-electron chi connectivity index (χ2n) is 5.36. The molecule has 0 spiro atoms. The second-order valence-corrected chi connectivity index (χ2v) is 5.36. The lowest BCUT2D eigenvalue weighted by molar-refractivity contribution is 0.0788. The van der Waals surface area contributed by atoms with E-state index in [1.165, 1.54) is 6.07 Å². The maximum atomic E-state index is 14.1. The lowest BCUT2D eigenvalue weighted by Crippen LogP contribution is -2.28. The Bertz CT molecular complexity index is 477. The molecule has 2 saturated heterocycles. The van der Waals surface area contributed by atoms with Crippen molar-refractivity contribution in [3.05, 3.63) is 29.6 Å². The molecule has 2 aliphatic heterocycles. The summed E-state index contributed by atoms with van der Waals surface area (Å²) in [6.45, 7) is 3.48. The molecule has 4 heteroatoms. The zero-order chi connectivity index (χ0) is 13.2. The average Bonchev–Trinajstić information content (AvgIpc) is 3.11. The van der Waals surface area contributed by atoms with Gasteiger partial charge in [-0.15, -0.1) is 0 Å². The Balaban J connectivity index is 1.80. The number of hydrogen-bond acceptors (Lipinski definition) is 2. The molecule has 102 valence electrons. The first-order chi connectivity index (χ1) is 9.25. The van der Waals surface area contributed by atoms with E-state index in [4.69, 9.17) is 0 Å². The van der Waals surface area contributed by atoms with Crippen LogP contribution in [0.2, 0.25) is 0 Å². The molecule has 0 aromatic heterocycles. The molecule has 19 heavy (non-hydrogen) atoms. The van der Waals surface area contributed by atoms with E-state index in [9.17, 15) is 9.18 Å². The molecule has 3 rings (SSSR count). The Morgan fingerprint density at radius 1 is 1.00 bits per heavy atom. The molecule has 0 aliphatic carbocycles. The summed E-state index contributed by atoms with van der Waals surface area (Å²) in [6, 6.07) is 5.02. The molecule has 0 N–H and O–H groups in total. The molecule has 3 nitrogen and oxygen atoms in total. The monoisotopic (exact) mass is 262 g/mol. The van der Waals surface area contributed by atoms with E-state index in [0.29, 0.717) is 0 Å². The maximum absolute atomic E-state index is 14.1. The van der Waals surface area contributed by atoms with Gasteiger partial charge in [0.1, 0.15) is 5.82 Å². The van der Waals surface area contributed by atoms with E-state index < -0.39 is 0 Å². The summed E-state index contributed by atoms with van der Waals surface area (Å²) in [7, 11) is 0. The van der Waals surface area contributed by atoms with Crippen LogP contribution in [0.5, 0.6) is 0 Å². The Labute approximate surface area is 113 Å². The van der Waals surface area contributed by atoms with Crippen molar-refractivity contribution in [2.75, 3.05) is 31.1 Å². The topological polar surface area (TPSA) is 23.6 Å². The van der Waals surface area contributed by atoms with Gasteiger partial charge in [0.05, 0.1) is 5.56 Å². The standard InChI is InChI=1S/C15H19FN2O/c16-14-11-12(17-7-1-2-8-17)5-6-13(14)15(19)18-9-3-4-10-18/h5-6,11H,1-4,7-10H2. The number of rotatable bonds is 2. The van der Waals surface area contributed by atoms with Crippen molar-refractivity contribution in [1.29, 1.82) is 0 Å². The highest BCUT2D eigenvalue weighted by Crippen LogP contribution is 2.24. The van der Waals surface area contributed by atoms with Crippen LogP contribution in [0.1, 0.15) is 36.0 Å². The normalized spacial score (nSPS) is 19.2. The fraction of sp³-hybridized carbons (Fsp3) is 0.533. The number of hydrogen-bond donors (Lipinski definition) is 0. The van der Waals surface area contributed by atoms with Gasteiger partial charge in [0.2, 0.25) is 0 Å². The number of carbonyl (C=O) groups excluding carboxylic acids is 1. The van der Waals surface area contributed by atoms with Crippen molar-refractivity contribution < 1.29 is 9.18 Å². The van der Waals surface area contributed by atoms with Gasteiger partial charge in [-0.2, -0.15) is 0 Å². The highest BCUT2D eigenvalue weighted by Gasteiger charge is 2.23. The lowest BCUT2D eigenvalue weighted by Gasteiger charge is -2.19. The van der Waals surface area contributed by atoms with E-state index in [-0.39, 0.29) is 17.3 Å². The van der Waals surface area contributed by atoms with Gasteiger partial charge in [-0.25, -0.2) is 4.39 Å². The van der Waals surface area contributed by atoms with Crippen LogP contribution in [-0.2, 0) is 0 Å². The Morgan fingerprint density at radius 2 is 1.63 bits per heavy atom. The largest absolute Gasteiger partial charge is 0.371 e. The Morgan fingerprint density at radius 3 is 2.26 bits per heavy atom. The van der Waals surface area contributed by atoms with E-state index in [1.807, 2.05) is 6.07 Å². The molecule has 2 fully saturated rings. The van der Waals surface area contributed by atoms with Crippen molar-refractivity contribution in [2.45, 2.75) is 25.7 Å². The summed E-state index contributed by atoms with van der Waals surface area (Å²) in [5.74, 6) is -0.552. The van der Waals surface area contributed by atoms with Crippen molar-refractivity contribution in [3.63, 3.8) is 0 Å². The molecule has 2 aliphatic rings. The lowest BCUT2D eigenvalue weighted by atomic mass is 10.1. The third kappa shape index (κ3) is 2.44. The first kappa shape index (κ1) is 12.5. The summed E-state index contributed by atoms with van der Waals surface area (Å²) < 4.78 is 14.1. The first-order valence-corrected chi connectivity index (χ1v) is 7.09. The summed E-state index contributed by atoms with van der Waals surface area (Å²) >= 11 is 0. The van der Waals surface area contributed by atoms with Crippen LogP contribution < -0.4 is 4.90 Å². The van der Waals surface area contributed by atoms with Crippen LogP contribution in [0.25, 0.3) is 0 Å². The summed E-state index contributed by atoms with van der Waals surface area (Å²) in [6.07, 6.45) is 4.38. The zero-order valence-corrected chi connectivity index (χ0v) is 11.1. The van der Waals surface area contributed by atoms with Gasteiger partial charge < -0.3 is 9.80 Å².